The third-order valence-electron chi connectivity index (χ3n) is 3.44. The van der Waals surface area contributed by atoms with Crippen molar-refractivity contribution in [2.24, 2.45) is 11.7 Å². The van der Waals surface area contributed by atoms with Crippen molar-refractivity contribution in [1.29, 1.82) is 0 Å². The molecule has 0 radical (unpaired) electrons. The van der Waals surface area contributed by atoms with Crippen molar-refractivity contribution < 1.29 is 0 Å². The highest BCUT2D eigenvalue weighted by atomic mass is 14.9. The van der Waals surface area contributed by atoms with Crippen LogP contribution in [0.25, 0.3) is 0 Å². The molecular weight excluding hydrogens is 172 g/mol. The Morgan fingerprint density at radius 2 is 2.21 bits per heavy atom. The molecule has 84 valence electrons. The Bertz CT molecular complexity index is 147. The predicted molar refractivity (Wildman–Crippen MR) is 62.3 cm³/mol. The second-order valence-corrected chi connectivity index (χ2v) is 4.81. The van der Waals surface area contributed by atoms with Crippen molar-refractivity contribution in [3.63, 3.8) is 0 Å². The van der Waals surface area contributed by atoms with Gasteiger partial charge in [0.05, 0.1) is 0 Å². The van der Waals surface area contributed by atoms with E-state index in [0.717, 1.165) is 12.5 Å². The van der Waals surface area contributed by atoms with E-state index >= 15 is 0 Å². The highest BCUT2D eigenvalue weighted by Gasteiger charge is 2.23. The first-order valence-corrected chi connectivity index (χ1v) is 6.23. The van der Waals surface area contributed by atoms with Gasteiger partial charge in [0, 0.05) is 12.1 Å². The van der Waals surface area contributed by atoms with Crippen LogP contribution in [0.3, 0.4) is 0 Å². The molecule has 0 bridgehead atoms. The lowest BCUT2D eigenvalue weighted by molar-refractivity contribution is 0.398. The van der Waals surface area contributed by atoms with E-state index in [1.807, 2.05) is 0 Å². The Morgan fingerprint density at radius 3 is 2.79 bits per heavy atom. The Hall–Kier alpha value is -0.0800. The monoisotopic (exact) mass is 198 g/mol. The third-order valence-corrected chi connectivity index (χ3v) is 3.44. The first-order valence-electron chi connectivity index (χ1n) is 6.23. The zero-order valence-corrected chi connectivity index (χ0v) is 9.76. The van der Waals surface area contributed by atoms with Gasteiger partial charge in [-0.2, -0.15) is 0 Å². The van der Waals surface area contributed by atoms with Crippen LogP contribution in [0.4, 0.5) is 0 Å². The first kappa shape index (κ1) is 12.0. The molecule has 3 N–H and O–H groups in total. The summed E-state index contributed by atoms with van der Waals surface area (Å²) in [5, 5.41) is 3.61. The normalized spacial score (nSPS) is 29.4. The molecule has 1 saturated carbocycles. The molecule has 1 aliphatic carbocycles. The van der Waals surface area contributed by atoms with Gasteiger partial charge >= 0.3 is 0 Å². The van der Waals surface area contributed by atoms with Gasteiger partial charge in [-0.25, -0.2) is 0 Å². The van der Waals surface area contributed by atoms with Crippen LogP contribution in [0.2, 0.25) is 0 Å². The molecule has 0 aliphatic heterocycles. The second-order valence-electron chi connectivity index (χ2n) is 4.81. The third kappa shape index (κ3) is 3.97. The van der Waals surface area contributed by atoms with Crippen LogP contribution in [0.15, 0.2) is 0 Å². The van der Waals surface area contributed by atoms with Gasteiger partial charge in [0.2, 0.25) is 0 Å². The maximum atomic E-state index is 6.03. The average Bonchev–Trinajstić information content (AvgIpc) is 2.58. The maximum Gasteiger partial charge on any atom is 0.00792 e. The van der Waals surface area contributed by atoms with E-state index in [1.165, 1.54) is 38.5 Å². The number of hydrogen-bond donors (Lipinski definition) is 2. The van der Waals surface area contributed by atoms with Gasteiger partial charge in [-0.3, -0.25) is 0 Å². The van der Waals surface area contributed by atoms with Crippen molar-refractivity contribution in [3.8, 4) is 0 Å². The lowest BCUT2D eigenvalue weighted by atomic mass is 10.0. The van der Waals surface area contributed by atoms with Crippen LogP contribution in [0, 0.1) is 5.92 Å². The molecule has 1 aliphatic rings. The molecule has 0 heterocycles. The fourth-order valence-electron chi connectivity index (χ4n) is 2.28. The van der Waals surface area contributed by atoms with Crippen molar-refractivity contribution in [2.45, 2.75) is 64.5 Å². The summed E-state index contributed by atoms with van der Waals surface area (Å²) in [5.41, 5.74) is 6.03. The summed E-state index contributed by atoms with van der Waals surface area (Å²) in [6.07, 6.45) is 7.83. The molecule has 1 fully saturated rings. The minimum atomic E-state index is 0.459. The summed E-state index contributed by atoms with van der Waals surface area (Å²) in [6.45, 7) is 5.67. The summed E-state index contributed by atoms with van der Waals surface area (Å²) < 4.78 is 0. The average molecular weight is 198 g/mol. The number of rotatable bonds is 6. The fraction of sp³-hybridized carbons (Fsp3) is 1.00. The van der Waals surface area contributed by atoms with Gasteiger partial charge in [-0.1, -0.05) is 26.2 Å². The van der Waals surface area contributed by atoms with Crippen LogP contribution in [0.1, 0.15) is 52.4 Å². The zero-order valence-electron chi connectivity index (χ0n) is 9.76. The molecular formula is C12H26N2. The highest BCUT2D eigenvalue weighted by Crippen LogP contribution is 2.23. The Kier molecular flexibility index (Phi) is 5.49. The van der Waals surface area contributed by atoms with Gasteiger partial charge in [0.1, 0.15) is 0 Å². The van der Waals surface area contributed by atoms with Crippen LogP contribution < -0.4 is 11.1 Å². The van der Waals surface area contributed by atoms with E-state index in [9.17, 15) is 0 Å². The molecule has 0 amide bonds. The van der Waals surface area contributed by atoms with E-state index in [4.69, 9.17) is 5.73 Å². The molecule has 14 heavy (non-hydrogen) atoms. The largest absolute Gasteiger partial charge is 0.327 e. The molecule has 3 unspecified atom stereocenters. The van der Waals surface area contributed by atoms with Crippen LogP contribution in [-0.2, 0) is 0 Å². The van der Waals surface area contributed by atoms with Gasteiger partial charge in [-0.05, 0) is 38.6 Å². The Labute approximate surface area is 88.6 Å². The molecule has 0 saturated heterocycles. The standard InChI is InChI=1S/C12H26N2/c1-3-4-6-10(2)14-9-11-7-5-8-12(11)13/h10-12,14H,3-9,13H2,1-2H3. The van der Waals surface area contributed by atoms with Crippen molar-refractivity contribution in [3.05, 3.63) is 0 Å². The minimum absolute atomic E-state index is 0.459. The lowest BCUT2D eigenvalue weighted by Gasteiger charge is -2.19. The topological polar surface area (TPSA) is 38.0 Å². The van der Waals surface area contributed by atoms with Crippen molar-refractivity contribution >= 4 is 0 Å². The molecule has 2 heteroatoms. The summed E-state index contributed by atoms with van der Waals surface area (Å²) in [6, 6.07) is 1.13. The SMILES string of the molecule is CCCCC(C)NCC1CCCC1N. The summed E-state index contributed by atoms with van der Waals surface area (Å²) in [7, 11) is 0. The smallest absolute Gasteiger partial charge is 0.00792 e. The molecule has 0 aromatic heterocycles. The van der Waals surface area contributed by atoms with Gasteiger partial charge in [0.25, 0.3) is 0 Å². The van der Waals surface area contributed by atoms with Crippen LogP contribution in [-0.4, -0.2) is 18.6 Å². The van der Waals surface area contributed by atoms with Gasteiger partial charge in [0.15, 0.2) is 0 Å². The number of unbranched alkanes of at least 4 members (excludes halogenated alkanes) is 1. The van der Waals surface area contributed by atoms with E-state index in [2.05, 4.69) is 19.2 Å². The molecule has 3 atom stereocenters. The number of nitrogens with one attached hydrogen (secondary N) is 1. The molecule has 2 nitrogen and oxygen atoms in total. The van der Waals surface area contributed by atoms with Crippen molar-refractivity contribution in [1.82, 2.24) is 5.32 Å². The highest BCUT2D eigenvalue weighted by molar-refractivity contribution is 4.82. The molecule has 0 aromatic rings. The van der Waals surface area contributed by atoms with E-state index in [0.29, 0.717) is 12.1 Å². The first-order chi connectivity index (χ1) is 6.74. The van der Waals surface area contributed by atoms with Crippen LogP contribution >= 0.6 is 0 Å². The zero-order chi connectivity index (χ0) is 10.4. The fourth-order valence-corrected chi connectivity index (χ4v) is 2.28. The minimum Gasteiger partial charge on any atom is -0.327 e. The summed E-state index contributed by atoms with van der Waals surface area (Å²) >= 11 is 0. The number of nitrogens with two attached hydrogens (primary N) is 1. The molecule has 0 aromatic carbocycles. The summed E-state index contributed by atoms with van der Waals surface area (Å²) in [5.74, 6) is 0.735. The van der Waals surface area contributed by atoms with Crippen molar-refractivity contribution in [2.75, 3.05) is 6.54 Å². The van der Waals surface area contributed by atoms with Gasteiger partial charge in [-0.15, -0.1) is 0 Å². The lowest BCUT2D eigenvalue weighted by Crippen LogP contribution is -2.37. The summed E-state index contributed by atoms with van der Waals surface area (Å²) in [4.78, 5) is 0. The predicted octanol–water partition coefficient (Wildman–Crippen LogP) is 2.28. The van der Waals surface area contributed by atoms with Crippen LogP contribution in [0.5, 0.6) is 0 Å². The molecule has 1 rings (SSSR count). The quantitative estimate of drug-likeness (QED) is 0.687. The maximum absolute atomic E-state index is 6.03. The van der Waals surface area contributed by atoms with E-state index in [1.54, 1.807) is 0 Å². The van der Waals surface area contributed by atoms with E-state index < -0.39 is 0 Å². The Morgan fingerprint density at radius 1 is 1.43 bits per heavy atom. The second kappa shape index (κ2) is 6.41. The Balaban J connectivity index is 2.07. The van der Waals surface area contributed by atoms with Gasteiger partial charge < -0.3 is 11.1 Å². The number of hydrogen-bond acceptors (Lipinski definition) is 2. The van der Waals surface area contributed by atoms with E-state index in [-0.39, 0.29) is 0 Å². The molecule has 0 spiro atoms.